The summed E-state index contributed by atoms with van der Waals surface area (Å²) < 4.78 is 6.95. The fourth-order valence-corrected chi connectivity index (χ4v) is 2.52. The molecular formula is C15H23ClN4O. The number of aromatic nitrogens is 3. The summed E-state index contributed by atoms with van der Waals surface area (Å²) in [6, 6.07) is 2.10. The Morgan fingerprint density at radius 3 is 2.76 bits per heavy atom. The van der Waals surface area contributed by atoms with E-state index in [4.69, 9.17) is 16.3 Å². The predicted molar refractivity (Wildman–Crippen MR) is 86.5 cm³/mol. The first-order valence-corrected chi connectivity index (χ1v) is 7.45. The zero-order valence-electron chi connectivity index (χ0n) is 13.3. The van der Waals surface area contributed by atoms with E-state index in [9.17, 15) is 0 Å². The highest BCUT2D eigenvalue weighted by Crippen LogP contribution is 2.26. The fourth-order valence-electron chi connectivity index (χ4n) is 2.19. The number of nitrogens with zero attached hydrogens (tertiary/aromatic N) is 4. The van der Waals surface area contributed by atoms with Crippen molar-refractivity contribution in [1.82, 2.24) is 14.6 Å². The van der Waals surface area contributed by atoms with E-state index >= 15 is 0 Å². The third kappa shape index (κ3) is 3.66. The Labute approximate surface area is 130 Å². The average Bonchev–Trinajstić information content (AvgIpc) is 2.82. The molecule has 2 aromatic rings. The van der Waals surface area contributed by atoms with Crippen molar-refractivity contribution in [2.24, 2.45) is 0 Å². The van der Waals surface area contributed by atoms with Crippen molar-refractivity contribution in [2.45, 2.75) is 31.6 Å². The highest BCUT2D eigenvalue weighted by Gasteiger charge is 2.20. The van der Waals surface area contributed by atoms with Gasteiger partial charge in [-0.05, 0) is 6.07 Å². The van der Waals surface area contributed by atoms with E-state index in [1.165, 1.54) is 0 Å². The number of hydrogen-bond donors (Lipinski definition) is 0. The molecule has 0 aliphatic carbocycles. The van der Waals surface area contributed by atoms with Crippen LogP contribution in [0, 0.1) is 0 Å². The standard InChI is InChI=1S/C15H23ClN4O/c1-15(2,3)13-8-12-14(17-6-7-20(12)18-13)19(4)9-11(16)10-21-5/h6-8,11H,9-10H2,1-5H3. The first-order valence-electron chi connectivity index (χ1n) is 7.02. The maximum absolute atomic E-state index is 6.24. The second-order valence-corrected chi connectivity index (χ2v) is 6.91. The molecule has 0 spiro atoms. The Morgan fingerprint density at radius 2 is 2.14 bits per heavy atom. The lowest BCUT2D eigenvalue weighted by Crippen LogP contribution is -2.29. The van der Waals surface area contributed by atoms with Crippen LogP contribution in [-0.4, -0.2) is 47.3 Å². The summed E-state index contributed by atoms with van der Waals surface area (Å²) in [6.07, 6.45) is 3.63. The minimum Gasteiger partial charge on any atom is -0.383 e. The van der Waals surface area contributed by atoms with Gasteiger partial charge in [-0.2, -0.15) is 5.10 Å². The van der Waals surface area contributed by atoms with Gasteiger partial charge in [0.2, 0.25) is 0 Å². The van der Waals surface area contributed by atoms with Gasteiger partial charge in [0.15, 0.2) is 5.82 Å². The number of ether oxygens (including phenoxy) is 1. The number of halogens is 1. The van der Waals surface area contributed by atoms with Crippen molar-refractivity contribution < 1.29 is 4.74 Å². The molecule has 5 nitrogen and oxygen atoms in total. The van der Waals surface area contributed by atoms with Gasteiger partial charge in [0.25, 0.3) is 0 Å². The second kappa shape index (κ2) is 6.20. The molecule has 116 valence electrons. The first kappa shape index (κ1) is 16.0. The van der Waals surface area contributed by atoms with Gasteiger partial charge in [-0.3, -0.25) is 0 Å². The smallest absolute Gasteiger partial charge is 0.154 e. The maximum Gasteiger partial charge on any atom is 0.154 e. The predicted octanol–water partition coefficient (Wildman–Crippen LogP) is 2.72. The second-order valence-electron chi connectivity index (χ2n) is 6.29. The molecule has 0 N–H and O–H groups in total. The molecule has 1 unspecified atom stereocenters. The summed E-state index contributed by atoms with van der Waals surface area (Å²) in [5.74, 6) is 0.877. The molecule has 0 fully saturated rings. The van der Waals surface area contributed by atoms with Gasteiger partial charge in [-0.25, -0.2) is 9.50 Å². The Hall–Kier alpha value is -1.33. The molecule has 0 radical (unpaired) electrons. The van der Waals surface area contributed by atoms with E-state index < -0.39 is 0 Å². The summed E-state index contributed by atoms with van der Waals surface area (Å²) in [5, 5.41) is 4.56. The molecule has 0 aromatic carbocycles. The van der Waals surface area contributed by atoms with Crippen LogP contribution in [-0.2, 0) is 10.2 Å². The molecule has 0 saturated carbocycles. The minimum atomic E-state index is -0.0768. The SMILES string of the molecule is COCC(Cl)CN(C)c1nccn2nc(C(C)(C)C)cc12. The Morgan fingerprint density at radius 1 is 1.43 bits per heavy atom. The highest BCUT2D eigenvalue weighted by atomic mass is 35.5. The highest BCUT2D eigenvalue weighted by molar-refractivity contribution is 6.21. The van der Waals surface area contributed by atoms with Crippen molar-refractivity contribution in [2.75, 3.05) is 32.2 Å². The summed E-state index contributed by atoms with van der Waals surface area (Å²) in [6.45, 7) is 7.64. The van der Waals surface area contributed by atoms with Crippen LogP contribution in [0.3, 0.4) is 0 Å². The van der Waals surface area contributed by atoms with Crippen molar-refractivity contribution in [3.8, 4) is 0 Å². The fraction of sp³-hybridized carbons (Fsp3) is 0.600. The molecule has 6 heteroatoms. The third-order valence-electron chi connectivity index (χ3n) is 3.32. The number of methoxy groups -OCH3 is 1. The molecule has 2 heterocycles. The van der Waals surface area contributed by atoms with Gasteiger partial charge >= 0.3 is 0 Å². The molecule has 1 atom stereocenters. The van der Waals surface area contributed by atoms with E-state index in [0.29, 0.717) is 13.2 Å². The quantitative estimate of drug-likeness (QED) is 0.796. The Kier molecular flexibility index (Phi) is 4.74. The van der Waals surface area contributed by atoms with Gasteiger partial charge in [-0.15, -0.1) is 11.6 Å². The largest absolute Gasteiger partial charge is 0.383 e. The first-order chi connectivity index (χ1) is 9.82. The number of fused-ring (bicyclic) bond motifs is 1. The van der Waals surface area contributed by atoms with Crippen molar-refractivity contribution in [3.05, 3.63) is 24.2 Å². The molecular weight excluding hydrogens is 288 g/mol. The monoisotopic (exact) mass is 310 g/mol. The van der Waals surface area contributed by atoms with Gasteiger partial charge in [0.1, 0.15) is 5.52 Å². The van der Waals surface area contributed by atoms with E-state index in [-0.39, 0.29) is 10.8 Å². The summed E-state index contributed by atoms with van der Waals surface area (Å²) in [7, 11) is 3.64. The Balaban J connectivity index is 2.33. The average molecular weight is 311 g/mol. The van der Waals surface area contributed by atoms with Crippen LogP contribution in [0.2, 0.25) is 0 Å². The van der Waals surface area contributed by atoms with Gasteiger partial charge in [0.05, 0.1) is 17.7 Å². The van der Waals surface area contributed by atoms with Crippen molar-refractivity contribution in [1.29, 1.82) is 0 Å². The lowest BCUT2D eigenvalue weighted by atomic mass is 9.92. The van der Waals surface area contributed by atoms with Gasteiger partial charge in [0, 0.05) is 38.5 Å². The van der Waals surface area contributed by atoms with Crippen LogP contribution in [0.5, 0.6) is 0 Å². The van der Waals surface area contributed by atoms with Crippen LogP contribution < -0.4 is 4.90 Å². The van der Waals surface area contributed by atoms with E-state index in [0.717, 1.165) is 17.0 Å². The van der Waals surface area contributed by atoms with E-state index in [2.05, 4.69) is 36.9 Å². The van der Waals surface area contributed by atoms with Crippen LogP contribution >= 0.6 is 11.6 Å². The molecule has 2 aromatic heterocycles. The molecule has 21 heavy (non-hydrogen) atoms. The minimum absolute atomic E-state index is 0.00688. The number of alkyl halides is 1. The summed E-state index contributed by atoms with van der Waals surface area (Å²) in [5.41, 5.74) is 2.04. The number of hydrogen-bond acceptors (Lipinski definition) is 4. The lowest BCUT2D eigenvalue weighted by Gasteiger charge is -2.21. The lowest BCUT2D eigenvalue weighted by molar-refractivity contribution is 0.199. The third-order valence-corrected chi connectivity index (χ3v) is 3.58. The topological polar surface area (TPSA) is 42.7 Å². The van der Waals surface area contributed by atoms with Crippen LogP contribution in [0.25, 0.3) is 5.52 Å². The zero-order valence-corrected chi connectivity index (χ0v) is 14.1. The maximum atomic E-state index is 6.24. The summed E-state index contributed by atoms with van der Waals surface area (Å²) in [4.78, 5) is 6.52. The summed E-state index contributed by atoms with van der Waals surface area (Å²) >= 11 is 6.24. The number of rotatable bonds is 5. The van der Waals surface area contributed by atoms with Gasteiger partial charge in [-0.1, -0.05) is 20.8 Å². The molecule has 0 aliphatic rings. The van der Waals surface area contributed by atoms with E-state index in [1.54, 1.807) is 13.3 Å². The van der Waals surface area contributed by atoms with Gasteiger partial charge < -0.3 is 9.64 Å². The van der Waals surface area contributed by atoms with Crippen molar-refractivity contribution in [3.63, 3.8) is 0 Å². The Bertz CT molecular complexity index is 605. The molecule has 0 bridgehead atoms. The molecule has 0 aliphatic heterocycles. The van der Waals surface area contributed by atoms with Crippen LogP contribution in [0.15, 0.2) is 18.5 Å². The molecule has 0 amide bonds. The zero-order chi connectivity index (χ0) is 15.6. The van der Waals surface area contributed by atoms with Crippen LogP contribution in [0.4, 0.5) is 5.82 Å². The normalized spacial score (nSPS) is 13.6. The molecule has 2 rings (SSSR count). The molecule has 0 saturated heterocycles. The van der Waals surface area contributed by atoms with Crippen LogP contribution in [0.1, 0.15) is 26.5 Å². The van der Waals surface area contributed by atoms with Crippen molar-refractivity contribution >= 4 is 22.9 Å². The van der Waals surface area contributed by atoms with E-state index in [1.807, 2.05) is 22.7 Å². The number of anilines is 1.